The number of aliphatic hydroxyl groups is 1. The van der Waals surface area contributed by atoms with Gasteiger partial charge in [-0.2, -0.15) is 26.3 Å². The Morgan fingerprint density at radius 3 is 2.46 bits per heavy atom. The highest BCUT2D eigenvalue weighted by molar-refractivity contribution is 5.86. The van der Waals surface area contributed by atoms with E-state index in [1.165, 1.54) is 0 Å². The molecule has 1 N–H and O–H groups in total. The van der Waals surface area contributed by atoms with Crippen LogP contribution in [-0.2, 0) is 12.4 Å². The second-order valence-electron chi connectivity index (χ2n) is 6.55. The summed E-state index contributed by atoms with van der Waals surface area (Å²) in [4.78, 5) is 14.2. The molecule has 0 radical (unpaired) electrons. The van der Waals surface area contributed by atoms with Crippen LogP contribution in [0.1, 0.15) is 42.2 Å². The van der Waals surface area contributed by atoms with Crippen molar-refractivity contribution < 1.29 is 31.4 Å². The first-order valence-electron chi connectivity index (χ1n) is 8.40. The zero-order valence-electron chi connectivity index (χ0n) is 14.3. The Morgan fingerprint density at radius 2 is 1.86 bits per heavy atom. The molecule has 1 aromatic heterocycles. The molecule has 152 valence electrons. The second-order valence-corrected chi connectivity index (χ2v) is 6.55. The number of piperidine rings is 1. The van der Waals surface area contributed by atoms with E-state index >= 15 is 0 Å². The molecule has 5 nitrogen and oxygen atoms in total. The Balaban J connectivity index is 2.24. The molecule has 0 amide bonds. The fourth-order valence-electron chi connectivity index (χ4n) is 3.46. The molecule has 28 heavy (non-hydrogen) atoms. The van der Waals surface area contributed by atoms with Crippen LogP contribution in [0.5, 0.6) is 0 Å². The van der Waals surface area contributed by atoms with Gasteiger partial charge in [0.15, 0.2) is 0 Å². The molecule has 0 bridgehead atoms. The monoisotopic (exact) mass is 407 g/mol. The summed E-state index contributed by atoms with van der Waals surface area (Å²) in [7, 11) is 0. The Hall–Kier alpha value is -2.43. The van der Waals surface area contributed by atoms with Crippen LogP contribution in [0.15, 0.2) is 29.6 Å². The summed E-state index contributed by atoms with van der Waals surface area (Å²) in [6, 6.07) is 2.42. The number of halogens is 6. The Morgan fingerprint density at radius 1 is 1.14 bits per heavy atom. The first-order valence-corrected chi connectivity index (χ1v) is 8.40. The third kappa shape index (κ3) is 3.75. The number of hydrogen-bond acceptors (Lipinski definition) is 4. The number of rotatable bonds is 3. The van der Waals surface area contributed by atoms with Crippen molar-refractivity contribution in [3.63, 3.8) is 0 Å². The number of aliphatic hydroxyl groups excluding tert-OH is 1. The zero-order valence-corrected chi connectivity index (χ0v) is 14.3. The van der Waals surface area contributed by atoms with Crippen LogP contribution in [0.25, 0.3) is 10.9 Å². The van der Waals surface area contributed by atoms with Crippen molar-refractivity contribution in [3.8, 4) is 0 Å². The van der Waals surface area contributed by atoms with Gasteiger partial charge in [-0.15, -0.1) is 4.91 Å². The first-order chi connectivity index (χ1) is 13.0. The van der Waals surface area contributed by atoms with Gasteiger partial charge in [0.25, 0.3) is 0 Å². The molecule has 2 heterocycles. The molecule has 1 aliphatic heterocycles. The van der Waals surface area contributed by atoms with Gasteiger partial charge in [-0.05, 0) is 37.0 Å². The van der Waals surface area contributed by atoms with Crippen molar-refractivity contribution in [1.82, 2.24) is 9.99 Å². The molecular formula is C17H15F6N3O2. The molecule has 0 saturated carbocycles. The predicted molar refractivity (Wildman–Crippen MR) is 86.8 cm³/mol. The number of nitrogens with zero attached hydrogens (tertiary/aromatic N) is 3. The van der Waals surface area contributed by atoms with Crippen molar-refractivity contribution in [1.29, 1.82) is 0 Å². The fourth-order valence-corrected chi connectivity index (χ4v) is 3.46. The van der Waals surface area contributed by atoms with E-state index in [0.717, 1.165) is 17.1 Å². The Bertz CT molecular complexity index is 884. The van der Waals surface area contributed by atoms with Crippen molar-refractivity contribution in [2.75, 3.05) is 6.54 Å². The average Bonchev–Trinajstić information content (AvgIpc) is 2.64. The lowest BCUT2D eigenvalue weighted by atomic mass is 9.91. The largest absolute Gasteiger partial charge is 0.433 e. The molecule has 1 saturated heterocycles. The van der Waals surface area contributed by atoms with E-state index in [1.54, 1.807) is 0 Å². The molecule has 2 aromatic rings. The minimum atomic E-state index is -5.02. The topological polar surface area (TPSA) is 65.8 Å². The van der Waals surface area contributed by atoms with Crippen LogP contribution in [-0.4, -0.2) is 27.7 Å². The van der Waals surface area contributed by atoms with Gasteiger partial charge in [-0.3, -0.25) is 5.01 Å². The number of aromatic nitrogens is 1. The van der Waals surface area contributed by atoms with Crippen molar-refractivity contribution >= 4 is 10.9 Å². The van der Waals surface area contributed by atoms with E-state index < -0.39 is 41.3 Å². The number of benzene rings is 1. The highest BCUT2D eigenvalue weighted by Gasteiger charge is 2.39. The Kier molecular flexibility index (Phi) is 5.22. The van der Waals surface area contributed by atoms with Crippen LogP contribution in [0.4, 0.5) is 26.3 Å². The standard InChI is InChI=1S/C17H15F6N3O2/c18-16(19,20)11-5-3-4-9-10(8-13(17(21,22)23)24-14(9)11)15(27)12-6-1-2-7-26(12)25-28/h3-5,8,12,15,27H,1-2,6-7H2. The van der Waals surface area contributed by atoms with E-state index in [0.29, 0.717) is 25.0 Å². The minimum absolute atomic E-state index is 0.203. The van der Waals surface area contributed by atoms with Gasteiger partial charge in [0.1, 0.15) is 11.8 Å². The van der Waals surface area contributed by atoms with Crippen molar-refractivity contribution in [2.45, 2.75) is 43.8 Å². The van der Waals surface area contributed by atoms with Gasteiger partial charge < -0.3 is 5.11 Å². The third-order valence-electron chi connectivity index (χ3n) is 4.78. The lowest BCUT2D eigenvalue weighted by Crippen LogP contribution is -2.39. The molecule has 2 unspecified atom stereocenters. The summed E-state index contributed by atoms with van der Waals surface area (Å²) < 4.78 is 79.7. The molecule has 11 heteroatoms. The number of alkyl halides is 6. The maximum absolute atomic E-state index is 13.3. The van der Waals surface area contributed by atoms with Gasteiger partial charge in [-0.1, -0.05) is 12.1 Å². The normalized spacial score (nSPS) is 19.7. The highest BCUT2D eigenvalue weighted by atomic mass is 19.4. The van der Waals surface area contributed by atoms with E-state index in [4.69, 9.17) is 0 Å². The molecular weight excluding hydrogens is 392 g/mol. The number of para-hydroxylation sites is 1. The molecule has 2 atom stereocenters. The van der Waals surface area contributed by atoms with Crippen LogP contribution in [0.2, 0.25) is 0 Å². The van der Waals surface area contributed by atoms with Gasteiger partial charge in [0, 0.05) is 11.9 Å². The zero-order chi connectivity index (χ0) is 20.7. The molecule has 1 aliphatic rings. The van der Waals surface area contributed by atoms with E-state index in [1.807, 2.05) is 0 Å². The summed E-state index contributed by atoms with van der Waals surface area (Å²) in [5.74, 6) is 0. The fraction of sp³-hybridized carbons (Fsp3) is 0.471. The van der Waals surface area contributed by atoms with Gasteiger partial charge in [0.2, 0.25) is 0 Å². The first kappa shape index (κ1) is 20.3. The van der Waals surface area contributed by atoms with Crippen LogP contribution >= 0.6 is 0 Å². The average molecular weight is 407 g/mol. The predicted octanol–water partition coefficient (Wildman–Crippen LogP) is 4.84. The van der Waals surface area contributed by atoms with E-state index in [9.17, 15) is 36.4 Å². The molecule has 3 rings (SSSR count). The Labute approximate surface area is 154 Å². The maximum Gasteiger partial charge on any atom is 0.433 e. The van der Waals surface area contributed by atoms with E-state index in [-0.39, 0.29) is 23.9 Å². The lowest BCUT2D eigenvalue weighted by molar-refractivity contribution is -0.142. The van der Waals surface area contributed by atoms with Crippen molar-refractivity contribution in [2.24, 2.45) is 5.29 Å². The van der Waals surface area contributed by atoms with Crippen LogP contribution in [0, 0.1) is 4.91 Å². The molecule has 0 aliphatic carbocycles. The summed E-state index contributed by atoms with van der Waals surface area (Å²) in [5.41, 5.74) is -4.16. The minimum Gasteiger partial charge on any atom is -0.386 e. The summed E-state index contributed by atoms with van der Waals surface area (Å²) in [5, 5.41) is 14.3. The highest BCUT2D eigenvalue weighted by Crippen LogP contribution is 2.40. The number of pyridine rings is 1. The summed E-state index contributed by atoms with van der Waals surface area (Å²) in [6.07, 6.45) is -10.1. The van der Waals surface area contributed by atoms with Gasteiger partial charge in [-0.25, -0.2) is 4.98 Å². The summed E-state index contributed by atoms with van der Waals surface area (Å²) in [6.45, 7) is 0.203. The third-order valence-corrected chi connectivity index (χ3v) is 4.78. The molecule has 1 fully saturated rings. The maximum atomic E-state index is 13.3. The quantitative estimate of drug-likeness (QED) is 0.584. The number of hydrogen-bond donors (Lipinski definition) is 1. The van der Waals surface area contributed by atoms with Gasteiger partial charge in [0.05, 0.1) is 22.4 Å². The number of fused-ring (bicyclic) bond motifs is 1. The molecule has 1 aromatic carbocycles. The van der Waals surface area contributed by atoms with Crippen LogP contribution in [0.3, 0.4) is 0 Å². The SMILES string of the molecule is O=NN1CCCCC1C(O)c1cc(C(F)(F)F)nc2c(C(F)(F)F)cccc12. The van der Waals surface area contributed by atoms with E-state index in [2.05, 4.69) is 10.3 Å². The number of nitroso groups, excluding NO2 is 1. The van der Waals surface area contributed by atoms with Crippen LogP contribution < -0.4 is 0 Å². The molecule has 0 spiro atoms. The van der Waals surface area contributed by atoms with Gasteiger partial charge >= 0.3 is 12.4 Å². The summed E-state index contributed by atoms with van der Waals surface area (Å²) >= 11 is 0. The smallest absolute Gasteiger partial charge is 0.386 e. The lowest BCUT2D eigenvalue weighted by Gasteiger charge is -2.34. The second kappa shape index (κ2) is 7.19. The van der Waals surface area contributed by atoms with Crippen molar-refractivity contribution in [3.05, 3.63) is 46.0 Å².